The van der Waals surface area contributed by atoms with Gasteiger partial charge in [-0.15, -0.1) is 0 Å². The van der Waals surface area contributed by atoms with Crippen molar-refractivity contribution in [1.82, 2.24) is 15.2 Å². The molecule has 0 aliphatic carbocycles. The van der Waals surface area contributed by atoms with Gasteiger partial charge in [0.05, 0.1) is 18.2 Å². The molecule has 0 bridgehead atoms. The van der Waals surface area contributed by atoms with Gasteiger partial charge < -0.3 is 34.7 Å². The van der Waals surface area contributed by atoms with Crippen LogP contribution in [-0.4, -0.2) is 73.2 Å². The van der Waals surface area contributed by atoms with Gasteiger partial charge in [-0.1, -0.05) is 13.8 Å². The summed E-state index contributed by atoms with van der Waals surface area (Å²) in [6, 6.07) is 4.87. The number of aryl methyl sites for hydroxylation is 1. The summed E-state index contributed by atoms with van der Waals surface area (Å²) in [5.41, 5.74) is 4.12. The molecule has 1 unspecified atom stereocenters. The van der Waals surface area contributed by atoms with Crippen molar-refractivity contribution < 1.29 is 33.4 Å². The number of nitrogens with zero attached hydrogens (tertiary/aromatic N) is 1. The molecule has 2 amide bonds. The molecule has 2 heterocycles. The number of amides is 2. The van der Waals surface area contributed by atoms with Crippen LogP contribution in [0.4, 0.5) is 10.5 Å². The lowest BCUT2D eigenvalue weighted by Crippen LogP contribution is -2.35. The lowest BCUT2D eigenvalue weighted by molar-refractivity contribution is -0.146. The number of H-pyrrole nitrogens is 1. The first kappa shape index (κ1) is 28.5. The van der Waals surface area contributed by atoms with Crippen molar-refractivity contribution in [3.8, 4) is 5.75 Å². The molecule has 3 rings (SSSR count). The van der Waals surface area contributed by atoms with Gasteiger partial charge >= 0.3 is 12.1 Å². The van der Waals surface area contributed by atoms with Crippen molar-refractivity contribution in [2.24, 2.45) is 0 Å². The molecule has 2 aromatic rings. The second kappa shape index (κ2) is 12.4. The number of anilines is 1. The minimum Gasteiger partial charge on any atom is -0.479 e. The second-order valence-electron chi connectivity index (χ2n) is 8.80. The molecule has 0 radical (unpaired) electrons. The van der Waals surface area contributed by atoms with Crippen molar-refractivity contribution in [1.29, 1.82) is 0 Å². The number of hydrogen-bond donors (Lipinski definition) is 3. The van der Waals surface area contributed by atoms with Crippen LogP contribution in [0.3, 0.4) is 0 Å². The van der Waals surface area contributed by atoms with E-state index in [0.717, 1.165) is 32.3 Å². The highest BCUT2D eigenvalue weighted by Crippen LogP contribution is 2.36. The monoisotopic (exact) mass is 526 g/mol. The molecule has 11 nitrogen and oxygen atoms in total. The van der Waals surface area contributed by atoms with Crippen LogP contribution in [0.2, 0.25) is 0 Å². The number of fused-ring (bicyclic) bond motifs is 1. The predicted molar refractivity (Wildman–Crippen MR) is 142 cm³/mol. The molecule has 3 N–H and O–H groups in total. The third-order valence-electron chi connectivity index (χ3n) is 6.37. The van der Waals surface area contributed by atoms with Gasteiger partial charge in [0.15, 0.2) is 6.10 Å². The second-order valence-corrected chi connectivity index (χ2v) is 8.80. The zero-order chi connectivity index (χ0) is 28.0. The Bertz CT molecular complexity index is 1260. The van der Waals surface area contributed by atoms with E-state index in [1.54, 1.807) is 24.3 Å². The minimum atomic E-state index is -1.13. The van der Waals surface area contributed by atoms with E-state index >= 15 is 0 Å². The number of rotatable bonds is 10. The Kier molecular flexibility index (Phi) is 9.30. The number of ether oxygens (including phenoxy) is 3. The fourth-order valence-corrected chi connectivity index (χ4v) is 4.20. The van der Waals surface area contributed by atoms with Gasteiger partial charge in [0.1, 0.15) is 5.75 Å². The van der Waals surface area contributed by atoms with Gasteiger partial charge in [-0.2, -0.15) is 0 Å². The first-order valence-electron chi connectivity index (χ1n) is 12.4. The summed E-state index contributed by atoms with van der Waals surface area (Å²) in [5, 5.41) is 5.78. The highest BCUT2D eigenvalue weighted by molar-refractivity contribution is 6.35. The Balaban J connectivity index is 1.81. The van der Waals surface area contributed by atoms with Gasteiger partial charge in [-0.05, 0) is 63.7 Å². The molecule has 0 saturated carbocycles. The van der Waals surface area contributed by atoms with Crippen LogP contribution >= 0.6 is 0 Å². The Morgan fingerprint density at radius 1 is 1.16 bits per heavy atom. The summed E-state index contributed by atoms with van der Waals surface area (Å²) < 4.78 is 14.4. The summed E-state index contributed by atoms with van der Waals surface area (Å²) in [6.45, 7) is 12.4. The molecule has 0 fully saturated rings. The molecule has 1 aromatic heterocycles. The molecule has 0 spiro atoms. The maximum absolute atomic E-state index is 12.9. The number of carbonyl (C=O) groups is 4. The van der Waals surface area contributed by atoms with E-state index in [1.807, 2.05) is 13.8 Å². The average molecular weight is 527 g/mol. The number of carbonyl (C=O) groups excluding carboxylic acids is 4. The van der Waals surface area contributed by atoms with Crippen LogP contribution in [-0.2, 0) is 19.1 Å². The number of esters is 1. The zero-order valence-electron chi connectivity index (χ0n) is 22.5. The van der Waals surface area contributed by atoms with Crippen molar-refractivity contribution >= 4 is 41.3 Å². The largest absolute Gasteiger partial charge is 0.515 e. The lowest BCUT2D eigenvalue weighted by atomic mass is 10.0. The van der Waals surface area contributed by atoms with Crippen LogP contribution in [0, 0.1) is 13.8 Å². The van der Waals surface area contributed by atoms with E-state index in [-0.39, 0.29) is 11.8 Å². The number of likely N-dealkylation sites (N-methyl/N-ethyl adjacent to an activating group) is 1. The number of aromatic amines is 1. The lowest BCUT2D eigenvalue weighted by Gasteiger charge is -2.18. The summed E-state index contributed by atoms with van der Waals surface area (Å²) in [7, 11) is 1.09. The quantitative estimate of drug-likeness (QED) is 0.244. The molecular formula is C27H34N4O7. The summed E-state index contributed by atoms with van der Waals surface area (Å²) in [5.74, 6) is -1.10. The Hall–Kier alpha value is -4.12. The summed E-state index contributed by atoms with van der Waals surface area (Å²) >= 11 is 0. The van der Waals surface area contributed by atoms with Gasteiger partial charge in [0.25, 0.3) is 11.8 Å². The maximum atomic E-state index is 12.9. The molecule has 1 atom stereocenters. The van der Waals surface area contributed by atoms with E-state index in [2.05, 4.69) is 43.8 Å². The minimum absolute atomic E-state index is 0.173. The highest BCUT2D eigenvalue weighted by Gasteiger charge is 2.27. The first-order chi connectivity index (χ1) is 18.1. The standard InChI is InChI=1S/C27H34N4O7/c1-7-31(8-2)12-11-28-25(33)23-15(3)22(29-16(23)4)14-20-19-13-18(9-10-21(19)30-24(20)32)37-17(5)26(34)38-27(35)36-6/h9-10,13-14,17,29H,7-8,11-12H2,1-6H3,(H,28,33)(H,30,32)/b20-14-. The first-order valence-corrected chi connectivity index (χ1v) is 12.4. The molecule has 1 aromatic carbocycles. The summed E-state index contributed by atoms with van der Waals surface area (Å²) in [6.07, 6.45) is -0.539. The molecule has 11 heteroatoms. The van der Waals surface area contributed by atoms with Crippen molar-refractivity contribution in [3.63, 3.8) is 0 Å². The van der Waals surface area contributed by atoms with Crippen molar-refractivity contribution in [3.05, 3.63) is 46.3 Å². The van der Waals surface area contributed by atoms with E-state index in [9.17, 15) is 19.2 Å². The third kappa shape index (κ3) is 6.41. The van der Waals surface area contributed by atoms with Crippen LogP contribution in [0.25, 0.3) is 11.6 Å². The SMILES string of the molecule is CCN(CC)CCNC(=O)c1c(C)[nH]c(/C=C2\C(=O)Nc3ccc(OC(C)C(=O)OC(=O)OC)cc32)c1C. The smallest absolute Gasteiger partial charge is 0.479 e. The summed E-state index contributed by atoms with van der Waals surface area (Å²) in [4.78, 5) is 54.3. The van der Waals surface area contributed by atoms with E-state index < -0.39 is 18.2 Å². The number of nitrogens with one attached hydrogen (secondary N) is 3. The van der Waals surface area contributed by atoms with Crippen molar-refractivity contribution in [2.75, 3.05) is 38.6 Å². The topological polar surface area (TPSA) is 139 Å². The van der Waals surface area contributed by atoms with Crippen LogP contribution in [0.5, 0.6) is 5.75 Å². The highest BCUT2D eigenvalue weighted by atomic mass is 16.7. The fourth-order valence-electron chi connectivity index (χ4n) is 4.20. The van der Waals surface area contributed by atoms with Crippen molar-refractivity contribution in [2.45, 2.75) is 40.7 Å². The number of methoxy groups -OCH3 is 1. The molecule has 1 aliphatic rings. The van der Waals surface area contributed by atoms with Gasteiger partial charge in [-0.25, -0.2) is 9.59 Å². The number of benzene rings is 1. The molecule has 0 saturated heterocycles. The average Bonchev–Trinajstić information content (AvgIpc) is 3.35. The molecular weight excluding hydrogens is 492 g/mol. The van der Waals surface area contributed by atoms with Crippen LogP contribution in [0.15, 0.2) is 18.2 Å². The zero-order valence-corrected chi connectivity index (χ0v) is 22.5. The van der Waals surface area contributed by atoms with E-state index in [1.165, 1.54) is 6.92 Å². The third-order valence-corrected chi connectivity index (χ3v) is 6.37. The van der Waals surface area contributed by atoms with Gasteiger partial charge in [0, 0.05) is 35.7 Å². The Morgan fingerprint density at radius 2 is 1.87 bits per heavy atom. The number of aromatic nitrogens is 1. The Morgan fingerprint density at radius 3 is 2.53 bits per heavy atom. The molecule has 204 valence electrons. The predicted octanol–water partition coefficient (Wildman–Crippen LogP) is 3.27. The Labute approximate surface area is 221 Å². The van der Waals surface area contributed by atoms with E-state index in [0.29, 0.717) is 46.1 Å². The van der Waals surface area contributed by atoms with E-state index in [4.69, 9.17) is 4.74 Å². The van der Waals surface area contributed by atoms with Crippen LogP contribution in [0.1, 0.15) is 53.6 Å². The molecule has 38 heavy (non-hydrogen) atoms. The maximum Gasteiger partial charge on any atom is 0.515 e. The van der Waals surface area contributed by atoms with Gasteiger partial charge in [-0.3, -0.25) is 9.59 Å². The van der Waals surface area contributed by atoms with Gasteiger partial charge in [0.2, 0.25) is 0 Å². The number of hydrogen-bond acceptors (Lipinski definition) is 8. The molecule has 1 aliphatic heterocycles. The normalized spacial score (nSPS) is 14.2. The fraction of sp³-hybridized carbons (Fsp3) is 0.407. The van der Waals surface area contributed by atoms with Crippen LogP contribution < -0.4 is 15.4 Å².